The minimum absolute atomic E-state index is 0.435. The molecule has 0 radical (unpaired) electrons. The zero-order valence-corrected chi connectivity index (χ0v) is 6.58. The molecule has 0 fully saturated rings. The van der Waals surface area contributed by atoms with Crippen LogP contribution in [-0.4, -0.2) is 19.6 Å². The Labute approximate surface area is 67.8 Å². The van der Waals surface area contributed by atoms with Gasteiger partial charge in [-0.1, -0.05) is 11.6 Å². The van der Waals surface area contributed by atoms with E-state index in [0.717, 1.165) is 5.65 Å². The number of aryl methyl sites for hydroxylation is 1. The van der Waals surface area contributed by atoms with Crippen LogP contribution < -0.4 is 0 Å². The normalized spacial score (nSPS) is 10.7. The fraction of sp³-hybridized carbons (Fsp3) is 0.167. The van der Waals surface area contributed by atoms with Gasteiger partial charge in [0.15, 0.2) is 5.65 Å². The second-order valence-corrected chi connectivity index (χ2v) is 2.56. The largest absolute Gasteiger partial charge is 0.224 e. The first-order valence-electron chi connectivity index (χ1n) is 3.10. The van der Waals surface area contributed by atoms with Gasteiger partial charge in [0.25, 0.3) is 0 Å². The van der Waals surface area contributed by atoms with Crippen molar-refractivity contribution in [1.82, 2.24) is 19.6 Å². The second kappa shape index (κ2) is 2.17. The standard InChI is InChI=1S/C6H5ClN4/c1-4-9-6-2-5(7)8-3-11(6)10-4/h2-3H,1H3. The lowest BCUT2D eigenvalue weighted by molar-refractivity contribution is 0.899. The highest BCUT2D eigenvalue weighted by atomic mass is 35.5. The van der Waals surface area contributed by atoms with Crippen molar-refractivity contribution >= 4 is 17.2 Å². The summed E-state index contributed by atoms with van der Waals surface area (Å²) < 4.78 is 1.58. The van der Waals surface area contributed by atoms with Gasteiger partial charge in [-0.05, 0) is 6.92 Å². The Kier molecular flexibility index (Phi) is 1.29. The maximum Gasteiger partial charge on any atom is 0.160 e. The topological polar surface area (TPSA) is 43.1 Å². The van der Waals surface area contributed by atoms with Gasteiger partial charge in [-0.3, -0.25) is 0 Å². The van der Waals surface area contributed by atoms with E-state index in [9.17, 15) is 0 Å². The Bertz CT molecular complexity index is 394. The van der Waals surface area contributed by atoms with Crippen LogP contribution in [0.3, 0.4) is 0 Å². The van der Waals surface area contributed by atoms with E-state index in [0.29, 0.717) is 11.0 Å². The molecule has 11 heavy (non-hydrogen) atoms. The molecule has 4 nitrogen and oxygen atoms in total. The number of hydrogen-bond acceptors (Lipinski definition) is 3. The summed E-state index contributed by atoms with van der Waals surface area (Å²) in [4.78, 5) is 7.95. The maximum absolute atomic E-state index is 5.64. The van der Waals surface area contributed by atoms with Crippen LogP contribution in [0.15, 0.2) is 12.4 Å². The van der Waals surface area contributed by atoms with Crippen molar-refractivity contribution in [1.29, 1.82) is 0 Å². The molecule has 0 aliphatic rings. The molecule has 0 atom stereocenters. The van der Waals surface area contributed by atoms with Gasteiger partial charge in [-0.25, -0.2) is 14.5 Å². The minimum Gasteiger partial charge on any atom is -0.224 e. The third-order valence-electron chi connectivity index (χ3n) is 1.30. The highest BCUT2D eigenvalue weighted by molar-refractivity contribution is 6.29. The van der Waals surface area contributed by atoms with E-state index in [1.54, 1.807) is 10.6 Å². The Morgan fingerprint density at radius 1 is 1.55 bits per heavy atom. The highest BCUT2D eigenvalue weighted by Gasteiger charge is 1.98. The minimum atomic E-state index is 0.435. The van der Waals surface area contributed by atoms with Crippen LogP contribution in [-0.2, 0) is 0 Å². The predicted molar refractivity (Wildman–Crippen MR) is 40.5 cm³/mol. The smallest absolute Gasteiger partial charge is 0.160 e. The number of fused-ring (bicyclic) bond motifs is 1. The Balaban J connectivity index is 2.82. The van der Waals surface area contributed by atoms with Crippen LogP contribution in [0.4, 0.5) is 0 Å². The molecule has 0 bridgehead atoms. The van der Waals surface area contributed by atoms with Crippen molar-refractivity contribution in [2.24, 2.45) is 0 Å². The third-order valence-corrected chi connectivity index (χ3v) is 1.51. The van der Waals surface area contributed by atoms with Gasteiger partial charge in [-0.15, -0.1) is 0 Å². The fourth-order valence-corrected chi connectivity index (χ4v) is 1.02. The molecular weight excluding hydrogens is 164 g/mol. The van der Waals surface area contributed by atoms with E-state index in [1.165, 1.54) is 6.33 Å². The zero-order chi connectivity index (χ0) is 7.84. The third kappa shape index (κ3) is 1.05. The van der Waals surface area contributed by atoms with Crippen LogP contribution in [0, 0.1) is 6.92 Å². The van der Waals surface area contributed by atoms with Gasteiger partial charge < -0.3 is 0 Å². The van der Waals surface area contributed by atoms with Gasteiger partial charge >= 0.3 is 0 Å². The van der Waals surface area contributed by atoms with E-state index >= 15 is 0 Å². The number of rotatable bonds is 0. The van der Waals surface area contributed by atoms with E-state index in [2.05, 4.69) is 15.1 Å². The molecule has 2 rings (SSSR count). The van der Waals surface area contributed by atoms with Crippen LogP contribution in [0.2, 0.25) is 5.15 Å². The van der Waals surface area contributed by atoms with Crippen molar-refractivity contribution in [3.05, 3.63) is 23.4 Å². The number of hydrogen-bond donors (Lipinski definition) is 0. The van der Waals surface area contributed by atoms with E-state index < -0.39 is 0 Å². The van der Waals surface area contributed by atoms with Crippen molar-refractivity contribution in [2.75, 3.05) is 0 Å². The lowest BCUT2D eigenvalue weighted by Gasteiger charge is -1.88. The van der Waals surface area contributed by atoms with Gasteiger partial charge in [-0.2, -0.15) is 5.10 Å². The van der Waals surface area contributed by atoms with E-state index in [1.807, 2.05) is 6.92 Å². The molecular formula is C6H5ClN4. The molecule has 0 aliphatic carbocycles. The lowest BCUT2D eigenvalue weighted by atomic mass is 10.6. The summed E-state index contributed by atoms with van der Waals surface area (Å²) in [6, 6.07) is 1.67. The van der Waals surface area contributed by atoms with Crippen LogP contribution in [0.5, 0.6) is 0 Å². The molecule has 2 aromatic heterocycles. The van der Waals surface area contributed by atoms with Gasteiger partial charge in [0.05, 0.1) is 0 Å². The molecule has 2 heterocycles. The fourth-order valence-electron chi connectivity index (χ4n) is 0.884. The SMILES string of the molecule is Cc1nc2cc(Cl)ncn2n1. The average Bonchev–Trinajstić information content (AvgIpc) is 2.27. The van der Waals surface area contributed by atoms with Crippen molar-refractivity contribution in [3.8, 4) is 0 Å². The van der Waals surface area contributed by atoms with E-state index in [-0.39, 0.29) is 0 Å². The first-order valence-corrected chi connectivity index (χ1v) is 3.48. The number of halogens is 1. The quantitative estimate of drug-likeness (QED) is 0.553. The molecule has 2 aromatic rings. The van der Waals surface area contributed by atoms with Crippen LogP contribution in [0.25, 0.3) is 5.65 Å². The first-order chi connectivity index (χ1) is 5.25. The molecule has 0 saturated carbocycles. The second-order valence-electron chi connectivity index (χ2n) is 2.17. The molecule has 56 valence electrons. The highest BCUT2D eigenvalue weighted by Crippen LogP contribution is 2.06. The van der Waals surface area contributed by atoms with Crippen molar-refractivity contribution < 1.29 is 0 Å². The molecule has 0 unspecified atom stereocenters. The van der Waals surface area contributed by atoms with E-state index in [4.69, 9.17) is 11.6 Å². The van der Waals surface area contributed by atoms with Gasteiger partial charge in [0.1, 0.15) is 17.3 Å². The summed E-state index contributed by atoms with van der Waals surface area (Å²) in [6.07, 6.45) is 1.54. The number of aromatic nitrogens is 4. The van der Waals surface area contributed by atoms with Crippen LogP contribution in [0.1, 0.15) is 5.82 Å². The Morgan fingerprint density at radius 3 is 3.18 bits per heavy atom. The Hall–Kier alpha value is -1.16. The zero-order valence-electron chi connectivity index (χ0n) is 5.82. The van der Waals surface area contributed by atoms with Crippen molar-refractivity contribution in [2.45, 2.75) is 6.92 Å². The first kappa shape index (κ1) is 6.54. The summed E-state index contributed by atoms with van der Waals surface area (Å²) in [5, 5.41) is 4.47. The molecule has 0 amide bonds. The lowest BCUT2D eigenvalue weighted by Crippen LogP contribution is -1.88. The van der Waals surface area contributed by atoms with Crippen LogP contribution >= 0.6 is 11.6 Å². The Morgan fingerprint density at radius 2 is 2.36 bits per heavy atom. The molecule has 0 saturated heterocycles. The van der Waals surface area contributed by atoms with Gasteiger partial charge in [0.2, 0.25) is 0 Å². The predicted octanol–water partition coefficient (Wildman–Crippen LogP) is 1.09. The summed E-state index contributed by atoms with van der Waals surface area (Å²) >= 11 is 5.64. The number of nitrogens with zero attached hydrogens (tertiary/aromatic N) is 4. The average molecular weight is 169 g/mol. The molecule has 5 heteroatoms. The molecule has 0 aliphatic heterocycles. The van der Waals surface area contributed by atoms with Crippen molar-refractivity contribution in [3.63, 3.8) is 0 Å². The molecule has 0 spiro atoms. The molecule has 0 N–H and O–H groups in total. The summed E-state index contributed by atoms with van der Waals surface area (Å²) in [5.74, 6) is 0.717. The summed E-state index contributed by atoms with van der Waals surface area (Å²) in [6.45, 7) is 1.82. The monoisotopic (exact) mass is 168 g/mol. The summed E-state index contributed by atoms with van der Waals surface area (Å²) in [7, 11) is 0. The molecule has 0 aromatic carbocycles. The van der Waals surface area contributed by atoms with Gasteiger partial charge in [0, 0.05) is 6.07 Å². The maximum atomic E-state index is 5.64. The summed E-state index contributed by atoms with van der Waals surface area (Å²) in [5.41, 5.74) is 0.725.